The van der Waals surface area contributed by atoms with E-state index in [-0.39, 0.29) is 11.7 Å². The van der Waals surface area contributed by atoms with Crippen molar-refractivity contribution in [2.45, 2.75) is 12.8 Å². The van der Waals surface area contributed by atoms with Gasteiger partial charge in [-0.05, 0) is 12.8 Å². The zero-order valence-corrected chi connectivity index (χ0v) is 6.45. The standard InChI is InChI=1S/C8H10N2O/c1-10-4-7(9-5-10)8(11)6-2-3-6/h4-6H,2-3H2,1H3. The molecular formula is C8H10N2O. The Hall–Kier alpha value is -1.12. The molecule has 2 rings (SSSR count). The Labute approximate surface area is 65.1 Å². The summed E-state index contributed by atoms with van der Waals surface area (Å²) in [6.07, 6.45) is 5.54. The molecule has 0 bridgehead atoms. The van der Waals surface area contributed by atoms with Crippen molar-refractivity contribution in [3.63, 3.8) is 0 Å². The van der Waals surface area contributed by atoms with Gasteiger partial charge in [0, 0.05) is 19.2 Å². The Morgan fingerprint density at radius 2 is 2.45 bits per heavy atom. The van der Waals surface area contributed by atoms with E-state index in [1.54, 1.807) is 17.1 Å². The van der Waals surface area contributed by atoms with Gasteiger partial charge in [-0.1, -0.05) is 0 Å². The fourth-order valence-corrected chi connectivity index (χ4v) is 1.09. The van der Waals surface area contributed by atoms with Crippen LogP contribution in [0.25, 0.3) is 0 Å². The molecule has 0 unspecified atom stereocenters. The van der Waals surface area contributed by atoms with E-state index < -0.39 is 0 Å². The van der Waals surface area contributed by atoms with Gasteiger partial charge < -0.3 is 4.57 Å². The summed E-state index contributed by atoms with van der Waals surface area (Å²) in [5, 5.41) is 0. The van der Waals surface area contributed by atoms with Crippen LogP contribution in [0.4, 0.5) is 0 Å². The molecule has 1 saturated carbocycles. The monoisotopic (exact) mass is 150 g/mol. The molecule has 58 valence electrons. The van der Waals surface area contributed by atoms with Crippen LogP contribution in [-0.2, 0) is 7.05 Å². The van der Waals surface area contributed by atoms with E-state index in [1.165, 1.54) is 0 Å². The summed E-state index contributed by atoms with van der Waals surface area (Å²) in [5.74, 6) is 0.496. The molecule has 11 heavy (non-hydrogen) atoms. The number of aromatic nitrogens is 2. The minimum atomic E-state index is 0.214. The SMILES string of the molecule is Cn1cnc(C(=O)C2CC2)c1. The summed E-state index contributed by atoms with van der Waals surface area (Å²) in [6.45, 7) is 0. The molecule has 3 nitrogen and oxygen atoms in total. The molecule has 0 aliphatic heterocycles. The lowest BCUT2D eigenvalue weighted by atomic mass is 10.2. The number of aryl methyl sites for hydroxylation is 1. The fraction of sp³-hybridized carbons (Fsp3) is 0.500. The van der Waals surface area contributed by atoms with E-state index in [4.69, 9.17) is 0 Å². The zero-order valence-electron chi connectivity index (χ0n) is 6.45. The largest absolute Gasteiger partial charge is 0.340 e. The molecule has 3 heteroatoms. The Kier molecular flexibility index (Phi) is 1.31. The van der Waals surface area contributed by atoms with Crippen molar-refractivity contribution in [1.29, 1.82) is 0 Å². The number of imidazole rings is 1. The van der Waals surface area contributed by atoms with Crippen molar-refractivity contribution >= 4 is 5.78 Å². The minimum Gasteiger partial charge on any atom is -0.340 e. The van der Waals surface area contributed by atoms with E-state index in [0.717, 1.165) is 12.8 Å². The highest BCUT2D eigenvalue weighted by Crippen LogP contribution is 2.31. The molecule has 0 spiro atoms. The molecule has 1 aliphatic rings. The smallest absolute Gasteiger partial charge is 0.185 e. The maximum absolute atomic E-state index is 11.3. The van der Waals surface area contributed by atoms with Crippen LogP contribution in [0.15, 0.2) is 12.5 Å². The van der Waals surface area contributed by atoms with E-state index in [1.807, 2.05) is 7.05 Å². The molecular weight excluding hydrogens is 140 g/mol. The number of hydrogen-bond acceptors (Lipinski definition) is 2. The van der Waals surface area contributed by atoms with Gasteiger partial charge in [0.25, 0.3) is 0 Å². The Morgan fingerprint density at radius 3 is 2.91 bits per heavy atom. The molecule has 1 heterocycles. The van der Waals surface area contributed by atoms with Crippen LogP contribution in [0.3, 0.4) is 0 Å². The lowest BCUT2D eigenvalue weighted by Gasteiger charge is -1.88. The third-order valence-electron chi connectivity index (χ3n) is 1.91. The third kappa shape index (κ3) is 1.18. The highest BCUT2D eigenvalue weighted by molar-refractivity contribution is 5.97. The molecule has 1 aliphatic carbocycles. The number of carbonyl (C=O) groups excluding carboxylic acids is 1. The average Bonchev–Trinajstić information content (AvgIpc) is 2.74. The summed E-state index contributed by atoms with van der Waals surface area (Å²) in [4.78, 5) is 15.3. The van der Waals surface area contributed by atoms with Crippen LogP contribution in [0.2, 0.25) is 0 Å². The molecule has 1 fully saturated rings. The summed E-state index contributed by atoms with van der Waals surface area (Å²) >= 11 is 0. The van der Waals surface area contributed by atoms with Gasteiger partial charge in [-0.2, -0.15) is 0 Å². The average molecular weight is 150 g/mol. The van der Waals surface area contributed by atoms with E-state index >= 15 is 0 Å². The molecule has 1 aromatic rings. The summed E-state index contributed by atoms with van der Waals surface area (Å²) in [5.41, 5.74) is 0.620. The second kappa shape index (κ2) is 2.19. The maximum atomic E-state index is 11.3. The van der Waals surface area contributed by atoms with Crippen molar-refractivity contribution in [3.05, 3.63) is 18.2 Å². The van der Waals surface area contributed by atoms with Gasteiger partial charge in [0.1, 0.15) is 5.69 Å². The number of Topliss-reactive ketones (excluding diaryl/α,β-unsaturated/α-hetero) is 1. The van der Waals surface area contributed by atoms with Gasteiger partial charge in [-0.25, -0.2) is 4.98 Å². The molecule has 1 aromatic heterocycles. The normalized spacial score (nSPS) is 16.8. The summed E-state index contributed by atoms with van der Waals surface area (Å²) in [6, 6.07) is 0. The van der Waals surface area contributed by atoms with Crippen molar-refractivity contribution in [1.82, 2.24) is 9.55 Å². The Morgan fingerprint density at radius 1 is 1.73 bits per heavy atom. The third-order valence-corrected chi connectivity index (χ3v) is 1.91. The predicted octanol–water partition coefficient (Wildman–Crippen LogP) is 1.01. The van der Waals surface area contributed by atoms with Crippen molar-refractivity contribution < 1.29 is 4.79 Å². The minimum absolute atomic E-state index is 0.214. The van der Waals surface area contributed by atoms with Crippen LogP contribution < -0.4 is 0 Å². The van der Waals surface area contributed by atoms with E-state index in [0.29, 0.717) is 5.69 Å². The first-order valence-corrected chi connectivity index (χ1v) is 3.79. The van der Waals surface area contributed by atoms with Crippen LogP contribution in [-0.4, -0.2) is 15.3 Å². The number of nitrogens with zero attached hydrogens (tertiary/aromatic N) is 2. The first-order chi connectivity index (χ1) is 5.27. The highest BCUT2D eigenvalue weighted by Gasteiger charge is 2.31. The van der Waals surface area contributed by atoms with E-state index in [9.17, 15) is 4.79 Å². The molecule has 0 N–H and O–H groups in total. The van der Waals surface area contributed by atoms with Crippen molar-refractivity contribution in [3.8, 4) is 0 Å². The maximum Gasteiger partial charge on any atom is 0.185 e. The zero-order chi connectivity index (χ0) is 7.84. The van der Waals surface area contributed by atoms with Gasteiger partial charge in [-0.3, -0.25) is 4.79 Å². The number of rotatable bonds is 2. The van der Waals surface area contributed by atoms with Crippen LogP contribution in [0, 0.1) is 5.92 Å². The topological polar surface area (TPSA) is 34.9 Å². The predicted molar refractivity (Wildman–Crippen MR) is 40.3 cm³/mol. The highest BCUT2D eigenvalue weighted by atomic mass is 16.1. The van der Waals surface area contributed by atoms with Gasteiger partial charge >= 0.3 is 0 Å². The molecule has 0 radical (unpaired) electrons. The van der Waals surface area contributed by atoms with E-state index in [2.05, 4.69) is 4.98 Å². The molecule has 0 aromatic carbocycles. The lowest BCUT2D eigenvalue weighted by Crippen LogP contribution is -2.00. The lowest BCUT2D eigenvalue weighted by molar-refractivity contribution is 0.0963. The second-order valence-electron chi connectivity index (χ2n) is 3.06. The van der Waals surface area contributed by atoms with Crippen LogP contribution >= 0.6 is 0 Å². The fourth-order valence-electron chi connectivity index (χ4n) is 1.09. The summed E-state index contributed by atoms with van der Waals surface area (Å²) in [7, 11) is 1.87. The Bertz CT molecular complexity index is 286. The first kappa shape index (κ1) is 6.58. The quantitative estimate of drug-likeness (QED) is 0.590. The molecule has 0 amide bonds. The molecule has 0 atom stereocenters. The number of ketones is 1. The number of carbonyl (C=O) groups is 1. The number of hydrogen-bond donors (Lipinski definition) is 0. The van der Waals surface area contributed by atoms with Crippen molar-refractivity contribution in [2.75, 3.05) is 0 Å². The van der Waals surface area contributed by atoms with Gasteiger partial charge in [0.2, 0.25) is 0 Å². The van der Waals surface area contributed by atoms with Gasteiger partial charge in [-0.15, -0.1) is 0 Å². The van der Waals surface area contributed by atoms with Gasteiger partial charge in [0.15, 0.2) is 5.78 Å². The van der Waals surface area contributed by atoms with Crippen LogP contribution in [0.1, 0.15) is 23.3 Å². The Balaban J connectivity index is 2.21. The second-order valence-corrected chi connectivity index (χ2v) is 3.06. The van der Waals surface area contributed by atoms with Crippen LogP contribution in [0.5, 0.6) is 0 Å². The van der Waals surface area contributed by atoms with Crippen molar-refractivity contribution in [2.24, 2.45) is 13.0 Å². The van der Waals surface area contributed by atoms with Gasteiger partial charge in [0.05, 0.1) is 6.33 Å². The summed E-state index contributed by atoms with van der Waals surface area (Å²) < 4.78 is 1.80. The first-order valence-electron chi connectivity index (χ1n) is 3.79. The molecule has 0 saturated heterocycles.